The molecular weight excluding hydrogens is 466 g/mol. The van der Waals surface area contributed by atoms with Crippen LogP contribution in [0.2, 0.25) is 0 Å². The molecule has 0 saturated carbocycles. The number of carbonyl (C=O) groups is 2. The first-order valence-corrected chi connectivity index (χ1v) is 13.4. The Morgan fingerprint density at radius 2 is 1.78 bits per heavy atom. The molecule has 2 aromatic rings. The Balaban J connectivity index is 1.34. The summed E-state index contributed by atoms with van der Waals surface area (Å²) in [6.45, 7) is 4.40. The smallest absolute Gasteiger partial charge is 0.236 e. The van der Waals surface area contributed by atoms with Gasteiger partial charge in [-0.1, -0.05) is 60.7 Å². The fourth-order valence-corrected chi connectivity index (χ4v) is 5.74. The van der Waals surface area contributed by atoms with Crippen molar-refractivity contribution in [2.24, 2.45) is 11.8 Å². The molecule has 3 aliphatic heterocycles. The molecular formula is C30H37N3O4. The van der Waals surface area contributed by atoms with E-state index >= 15 is 0 Å². The molecule has 0 radical (unpaired) electrons. The van der Waals surface area contributed by atoms with Crippen molar-refractivity contribution < 1.29 is 19.4 Å². The molecule has 1 N–H and O–H groups in total. The number of aliphatic hydroxyl groups is 1. The van der Waals surface area contributed by atoms with E-state index < -0.39 is 6.10 Å². The van der Waals surface area contributed by atoms with Gasteiger partial charge < -0.3 is 19.6 Å². The third-order valence-electron chi connectivity index (χ3n) is 7.80. The van der Waals surface area contributed by atoms with Crippen molar-refractivity contribution in [1.29, 1.82) is 0 Å². The summed E-state index contributed by atoms with van der Waals surface area (Å²) in [7, 11) is 0. The molecule has 2 saturated heterocycles. The average Bonchev–Trinajstić information content (AvgIpc) is 3.35. The van der Waals surface area contributed by atoms with Gasteiger partial charge in [0.15, 0.2) is 0 Å². The molecule has 0 aromatic heterocycles. The molecule has 0 spiro atoms. The number of ether oxygens (including phenoxy) is 1. The van der Waals surface area contributed by atoms with Gasteiger partial charge in [0.05, 0.1) is 12.6 Å². The van der Waals surface area contributed by atoms with Crippen LogP contribution in [0.15, 0.2) is 66.7 Å². The average molecular weight is 504 g/mol. The van der Waals surface area contributed by atoms with E-state index in [-0.39, 0.29) is 23.7 Å². The molecule has 5 rings (SSSR count). The lowest BCUT2D eigenvalue weighted by molar-refractivity contribution is -0.136. The number of amides is 2. The van der Waals surface area contributed by atoms with Crippen LogP contribution in [-0.2, 0) is 22.7 Å². The number of aliphatic hydroxyl groups excluding tert-OH is 1. The van der Waals surface area contributed by atoms with Crippen LogP contribution < -0.4 is 4.74 Å². The van der Waals surface area contributed by atoms with Gasteiger partial charge in [0.2, 0.25) is 11.8 Å². The number of likely N-dealkylation sites (tertiary alicyclic amines) is 1. The Kier molecular flexibility index (Phi) is 8.21. The van der Waals surface area contributed by atoms with Gasteiger partial charge in [-0.2, -0.15) is 0 Å². The fraction of sp³-hybridized carbons (Fsp3) is 0.467. The van der Waals surface area contributed by atoms with Crippen LogP contribution in [-0.4, -0.2) is 77.1 Å². The third kappa shape index (κ3) is 6.59. The molecule has 0 unspecified atom stereocenters. The van der Waals surface area contributed by atoms with Gasteiger partial charge in [-0.05, 0) is 36.3 Å². The summed E-state index contributed by atoms with van der Waals surface area (Å²) < 4.78 is 6.16. The first-order valence-electron chi connectivity index (χ1n) is 13.4. The second kappa shape index (κ2) is 11.9. The number of hydrogen-bond acceptors (Lipinski definition) is 5. The fourth-order valence-electron chi connectivity index (χ4n) is 5.74. The molecule has 7 heteroatoms. The Morgan fingerprint density at radius 1 is 0.973 bits per heavy atom. The number of piperidine rings is 1. The molecule has 3 heterocycles. The van der Waals surface area contributed by atoms with E-state index in [1.165, 1.54) is 5.56 Å². The minimum Gasteiger partial charge on any atom is -0.489 e. The molecule has 196 valence electrons. The molecule has 0 aliphatic carbocycles. The molecule has 2 bridgehead atoms. The number of rotatable bonds is 4. The maximum atomic E-state index is 13.5. The third-order valence-corrected chi connectivity index (χ3v) is 7.80. The number of hydrogen-bond donors (Lipinski definition) is 1. The zero-order chi connectivity index (χ0) is 25.6. The highest BCUT2D eigenvalue weighted by Gasteiger charge is 2.34. The van der Waals surface area contributed by atoms with Gasteiger partial charge in [0.1, 0.15) is 12.4 Å². The van der Waals surface area contributed by atoms with Crippen LogP contribution in [0.3, 0.4) is 0 Å². The summed E-state index contributed by atoms with van der Waals surface area (Å²) >= 11 is 0. The van der Waals surface area contributed by atoms with Crippen molar-refractivity contribution in [3.05, 3.63) is 77.9 Å². The van der Waals surface area contributed by atoms with Crippen molar-refractivity contribution in [2.45, 2.75) is 38.5 Å². The molecule has 2 amide bonds. The lowest BCUT2D eigenvalue weighted by Gasteiger charge is -2.38. The maximum absolute atomic E-state index is 13.5. The number of carbonyl (C=O) groups excluding carboxylic acids is 2. The van der Waals surface area contributed by atoms with Crippen LogP contribution in [0.1, 0.15) is 30.4 Å². The van der Waals surface area contributed by atoms with E-state index in [1.807, 2.05) is 47.4 Å². The normalized spacial score (nSPS) is 25.0. The van der Waals surface area contributed by atoms with E-state index in [0.717, 1.165) is 17.7 Å². The minimum absolute atomic E-state index is 0.0938. The summed E-state index contributed by atoms with van der Waals surface area (Å²) in [6.07, 6.45) is 5.66. The predicted molar refractivity (Wildman–Crippen MR) is 142 cm³/mol. The second-order valence-corrected chi connectivity index (χ2v) is 10.5. The van der Waals surface area contributed by atoms with Gasteiger partial charge in [-0.3, -0.25) is 14.5 Å². The Hall–Kier alpha value is -3.16. The first kappa shape index (κ1) is 25.5. The number of β-amino-alcohol motifs (C(OH)–C–C–N with tert-alkyl or cyclic N) is 1. The summed E-state index contributed by atoms with van der Waals surface area (Å²) in [5.74, 6) is 1.33. The summed E-state index contributed by atoms with van der Waals surface area (Å²) in [5, 5.41) is 9.84. The van der Waals surface area contributed by atoms with Crippen LogP contribution in [0.4, 0.5) is 0 Å². The topological polar surface area (TPSA) is 73.3 Å². The van der Waals surface area contributed by atoms with Gasteiger partial charge in [0, 0.05) is 51.3 Å². The van der Waals surface area contributed by atoms with Crippen LogP contribution >= 0.6 is 0 Å². The van der Waals surface area contributed by atoms with Gasteiger partial charge >= 0.3 is 0 Å². The van der Waals surface area contributed by atoms with E-state index in [4.69, 9.17) is 4.74 Å². The predicted octanol–water partition coefficient (Wildman–Crippen LogP) is 3.09. The second-order valence-electron chi connectivity index (χ2n) is 10.5. The van der Waals surface area contributed by atoms with Gasteiger partial charge in [0.25, 0.3) is 0 Å². The monoisotopic (exact) mass is 503 g/mol. The summed E-state index contributed by atoms with van der Waals surface area (Å²) in [5.41, 5.74) is 2.23. The minimum atomic E-state index is -0.410. The molecule has 2 aromatic carbocycles. The zero-order valence-corrected chi connectivity index (χ0v) is 21.4. The van der Waals surface area contributed by atoms with E-state index in [0.29, 0.717) is 65.3 Å². The highest BCUT2D eigenvalue weighted by molar-refractivity contribution is 5.79. The van der Waals surface area contributed by atoms with Crippen LogP contribution in [0, 0.1) is 11.8 Å². The van der Waals surface area contributed by atoms with E-state index in [2.05, 4.69) is 29.2 Å². The molecule has 3 atom stereocenters. The Morgan fingerprint density at radius 3 is 2.59 bits per heavy atom. The van der Waals surface area contributed by atoms with Crippen LogP contribution in [0.5, 0.6) is 5.75 Å². The Labute approximate surface area is 219 Å². The highest BCUT2D eigenvalue weighted by atomic mass is 16.5. The van der Waals surface area contributed by atoms with Crippen molar-refractivity contribution >= 4 is 11.8 Å². The number of fused-ring (bicyclic) bond motifs is 3. The Bertz CT molecular complexity index is 1110. The molecule has 3 aliphatic rings. The first-order chi connectivity index (χ1) is 18.0. The van der Waals surface area contributed by atoms with Crippen molar-refractivity contribution in [3.63, 3.8) is 0 Å². The highest BCUT2D eigenvalue weighted by Crippen LogP contribution is 2.30. The van der Waals surface area contributed by atoms with Gasteiger partial charge in [-0.15, -0.1) is 0 Å². The summed E-state index contributed by atoms with van der Waals surface area (Å²) in [6, 6.07) is 18.3. The molecule has 2 fully saturated rings. The zero-order valence-electron chi connectivity index (χ0n) is 21.4. The summed E-state index contributed by atoms with van der Waals surface area (Å²) in [4.78, 5) is 32.4. The quantitative estimate of drug-likeness (QED) is 0.650. The number of para-hydroxylation sites is 1. The van der Waals surface area contributed by atoms with Crippen molar-refractivity contribution in [2.75, 3.05) is 39.3 Å². The lowest BCUT2D eigenvalue weighted by Crippen LogP contribution is -2.47. The SMILES string of the molecule is O=C(C[C@@H]1CCN2C[C@@H]1C=CCOc1ccccc1CN(Cc1ccccc1)CC2=O)N1CC[C@@H](O)C1. The van der Waals surface area contributed by atoms with Crippen LogP contribution in [0.25, 0.3) is 0 Å². The van der Waals surface area contributed by atoms with E-state index in [9.17, 15) is 14.7 Å². The molecule has 37 heavy (non-hydrogen) atoms. The maximum Gasteiger partial charge on any atom is 0.236 e. The number of benzene rings is 2. The van der Waals surface area contributed by atoms with Crippen molar-refractivity contribution in [1.82, 2.24) is 14.7 Å². The van der Waals surface area contributed by atoms with Gasteiger partial charge in [-0.25, -0.2) is 0 Å². The molecule has 7 nitrogen and oxygen atoms in total. The standard InChI is InChI=1S/C30H37N3O4/c34-27-13-15-33(21-27)29(35)17-24-12-14-32-20-25(24)10-6-16-37-28-11-5-4-9-26(28)19-31(22-30(32)36)18-23-7-2-1-3-8-23/h1-11,24-25,27,34H,12-22H2/t24-,25-,27+/m0/s1. The van der Waals surface area contributed by atoms with Crippen molar-refractivity contribution in [3.8, 4) is 5.75 Å². The number of nitrogens with zero attached hydrogens (tertiary/aromatic N) is 3. The largest absolute Gasteiger partial charge is 0.489 e. The van der Waals surface area contributed by atoms with E-state index in [1.54, 1.807) is 4.90 Å². The lowest BCUT2D eigenvalue weighted by atomic mass is 9.82.